The molecule has 0 aliphatic carbocycles. The molecule has 134 valence electrons. The minimum absolute atomic E-state index is 0.125. The Balaban J connectivity index is 1.71. The van der Waals surface area contributed by atoms with Gasteiger partial charge in [0, 0.05) is 11.3 Å². The lowest BCUT2D eigenvalue weighted by atomic mass is 10.2. The SMILES string of the molecule is CCOc1ccc(-c2nc(C)c(C(=O)NCc3cccc(C)n3)s2)cc1. The summed E-state index contributed by atoms with van der Waals surface area (Å²) in [5.74, 6) is 0.702. The lowest BCUT2D eigenvalue weighted by Gasteiger charge is -2.04. The number of aryl methyl sites for hydroxylation is 2. The molecule has 1 N–H and O–H groups in total. The standard InChI is InChI=1S/C20H21N3O2S/c1-4-25-17-10-8-15(9-11-17)20-23-14(3)18(26-20)19(24)21-12-16-7-5-6-13(2)22-16/h5-11H,4,12H2,1-3H3,(H,21,24). The second-order valence-corrected chi connectivity index (χ2v) is 6.84. The van der Waals surface area contributed by atoms with Gasteiger partial charge in [-0.3, -0.25) is 9.78 Å². The number of carbonyl (C=O) groups excluding carboxylic acids is 1. The van der Waals surface area contributed by atoms with Crippen LogP contribution in [0.3, 0.4) is 0 Å². The summed E-state index contributed by atoms with van der Waals surface area (Å²) in [6.45, 7) is 6.78. The third-order valence-corrected chi connectivity index (χ3v) is 5.00. The summed E-state index contributed by atoms with van der Waals surface area (Å²) in [5, 5.41) is 3.75. The van der Waals surface area contributed by atoms with Crippen LogP contribution in [0.4, 0.5) is 0 Å². The van der Waals surface area contributed by atoms with Crippen LogP contribution in [-0.4, -0.2) is 22.5 Å². The highest BCUT2D eigenvalue weighted by atomic mass is 32.1. The van der Waals surface area contributed by atoms with Gasteiger partial charge in [0.25, 0.3) is 5.91 Å². The molecule has 0 spiro atoms. The van der Waals surface area contributed by atoms with Gasteiger partial charge in [0.15, 0.2) is 0 Å². The lowest BCUT2D eigenvalue weighted by Crippen LogP contribution is -2.23. The minimum atomic E-state index is -0.125. The molecule has 0 aliphatic rings. The Morgan fingerprint density at radius 3 is 2.58 bits per heavy atom. The van der Waals surface area contributed by atoms with Crippen molar-refractivity contribution in [2.75, 3.05) is 6.61 Å². The Kier molecular flexibility index (Phi) is 5.63. The molecule has 3 aromatic rings. The lowest BCUT2D eigenvalue weighted by molar-refractivity contribution is 0.0953. The molecule has 6 heteroatoms. The summed E-state index contributed by atoms with van der Waals surface area (Å²) in [4.78, 5) is 22.1. The number of hydrogen-bond acceptors (Lipinski definition) is 5. The number of pyridine rings is 1. The maximum atomic E-state index is 12.5. The zero-order valence-electron chi connectivity index (χ0n) is 15.1. The summed E-state index contributed by atoms with van der Waals surface area (Å²) in [5.41, 5.74) is 3.48. The van der Waals surface area contributed by atoms with Crippen molar-refractivity contribution >= 4 is 17.2 Å². The van der Waals surface area contributed by atoms with Gasteiger partial charge >= 0.3 is 0 Å². The molecular formula is C20H21N3O2S. The highest BCUT2D eigenvalue weighted by Crippen LogP contribution is 2.29. The summed E-state index contributed by atoms with van der Waals surface area (Å²) in [7, 11) is 0. The third kappa shape index (κ3) is 4.26. The average molecular weight is 367 g/mol. The van der Waals surface area contributed by atoms with Crippen molar-refractivity contribution in [2.24, 2.45) is 0 Å². The van der Waals surface area contributed by atoms with E-state index >= 15 is 0 Å². The largest absolute Gasteiger partial charge is 0.494 e. The normalized spacial score (nSPS) is 10.6. The van der Waals surface area contributed by atoms with E-state index < -0.39 is 0 Å². The van der Waals surface area contributed by atoms with Crippen LogP contribution in [0.25, 0.3) is 10.6 Å². The Morgan fingerprint density at radius 2 is 1.88 bits per heavy atom. The van der Waals surface area contributed by atoms with Gasteiger partial charge in [0.2, 0.25) is 0 Å². The first kappa shape index (κ1) is 18.1. The molecule has 0 fully saturated rings. The van der Waals surface area contributed by atoms with Gasteiger partial charge < -0.3 is 10.1 Å². The van der Waals surface area contributed by atoms with Crippen LogP contribution in [0, 0.1) is 13.8 Å². The smallest absolute Gasteiger partial charge is 0.263 e. The molecule has 26 heavy (non-hydrogen) atoms. The van der Waals surface area contributed by atoms with Crippen molar-refractivity contribution < 1.29 is 9.53 Å². The van der Waals surface area contributed by atoms with Crippen LogP contribution in [0.15, 0.2) is 42.5 Å². The molecule has 5 nitrogen and oxygen atoms in total. The third-order valence-electron chi connectivity index (χ3n) is 3.79. The molecule has 2 heterocycles. The highest BCUT2D eigenvalue weighted by Gasteiger charge is 2.16. The van der Waals surface area contributed by atoms with Crippen LogP contribution in [-0.2, 0) is 6.54 Å². The Bertz CT molecular complexity index is 904. The second kappa shape index (κ2) is 8.10. The van der Waals surface area contributed by atoms with Gasteiger partial charge in [-0.1, -0.05) is 6.07 Å². The van der Waals surface area contributed by atoms with Crippen LogP contribution in [0.2, 0.25) is 0 Å². The van der Waals surface area contributed by atoms with E-state index in [1.807, 2.05) is 63.2 Å². The van der Waals surface area contributed by atoms with Crippen molar-refractivity contribution in [1.29, 1.82) is 0 Å². The number of amides is 1. The summed E-state index contributed by atoms with van der Waals surface area (Å²) < 4.78 is 5.46. The average Bonchev–Trinajstić information content (AvgIpc) is 3.02. The summed E-state index contributed by atoms with van der Waals surface area (Å²) >= 11 is 1.39. The maximum absolute atomic E-state index is 12.5. The predicted molar refractivity (Wildman–Crippen MR) is 104 cm³/mol. The molecule has 0 atom stereocenters. The molecule has 0 bridgehead atoms. The van der Waals surface area contributed by atoms with Crippen molar-refractivity contribution in [3.05, 3.63) is 64.4 Å². The minimum Gasteiger partial charge on any atom is -0.494 e. The zero-order chi connectivity index (χ0) is 18.5. The zero-order valence-corrected chi connectivity index (χ0v) is 15.9. The molecule has 1 aromatic carbocycles. The van der Waals surface area contributed by atoms with Gasteiger partial charge in [-0.2, -0.15) is 0 Å². The number of hydrogen-bond donors (Lipinski definition) is 1. The van der Waals surface area contributed by atoms with E-state index in [4.69, 9.17) is 4.74 Å². The first-order valence-electron chi connectivity index (χ1n) is 8.48. The number of aromatic nitrogens is 2. The first-order valence-corrected chi connectivity index (χ1v) is 9.30. The summed E-state index contributed by atoms with van der Waals surface area (Å²) in [6, 6.07) is 13.5. The number of benzene rings is 1. The predicted octanol–water partition coefficient (Wildman–Crippen LogP) is 4.15. The van der Waals surface area contributed by atoms with Crippen molar-refractivity contribution in [3.63, 3.8) is 0 Å². The van der Waals surface area contributed by atoms with E-state index in [9.17, 15) is 4.79 Å². The maximum Gasteiger partial charge on any atom is 0.263 e. The van der Waals surface area contributed by atoms with E-state index in [0.717, 1.165) is 33.4 Å². The second-order valence-electron chi connectivity index (χ2n) is 5.84. The number of ether oxygens (including phenoxy) is 1. The molecule has 0 saturated heterocycles. The van der Waals surface area contributed by atoms with Crippen LogP contribution in [0.1, 0.15) is 33.7 Å². The number of thiazole rings is 1. The van der Waals surface area contributed by atoms with E-state index in [1.165, 1.54) is 11.3 Å². The topological polar surface area (TPSA) is 64.1 Å². The molecular weight excluding hydrogens is 346 g/mol. The van der Waals surface area contributed by atoms with Crippen LogP contribution < -0.4 is 10.1 Å². The van der Waals surface area contributed by atoms with E-state index in [0.29, 0.717) is 18.0 Å². The first-order chi connectivity index (χ1) is 12.6. The van der Waals surface area contributed by atoms with Gasteiger partial charge in [-0.05, 0) is 57.2 Å². The Labute approximate surface area is 157 Å². The fourth-order valence-corrected chi connectivity index (χ4v) is 3.53. The Morgan fingerprint density at radius 1 is 1.12 bits per heavy atom. The molecule has 0 aliphatic heterocycles. The molecule has 0 radical (unpaired) electrons. The van der Waals surface area contributed by atoms with Gasteiger partial charge in [-0.15, -0.1) is 11.3 Å². The number of rotatable bonds is 6. The van der Waals surface area contributed by atoms with E-state index in [-0.39, 0.29) is 5.91 Å². The van der Waals surface area contributed by atoms with Crippen molar-refractivity contribution in [3.8, 4) is 16.3 Å². The monoisotopic (exact) mass is 367 g/mol. The fraction of sp³-hybridized carbons (Fsp3) is 0.250. The van der Waals surface area contributed by atoms with Crippen LogP contribution >= 0.6 is 11.3 Å². The molecule has 3 rings (SSSR count). The summed E-state index contributed by atoms with van der Waals surface area (Å²) in [6.07, 6.45) is 0. The molecule has 1 amide bonds. The number of carbonyl (C=O) groups is 1. The van der Waals surface area contributed by atoms with Crippen LogP contribution in [0.5, 0.6) is 5.75 Å². The number of nitrogens with zero attached hydrogens (tertiary/aromatic N) is 2. The van der Waals surface area contributed by atoms with Crippen molar-refractivity contribution in [2.45, 2.75) is 27.3 Å². The van der Waals surface area contributed by atoms with Gasteiger partial charge in [0.1, 0.15) is 15.6 Å². The Hall–Kier alpha value is -2.73. The molecule has 2 aromatic heterocycles. The van der Waals surface area contributed by atoms with Gasteiger partial charge in [-0.25, -0.2) is 4.98 Å². The highest BCUT2D eigenvalue weighted by molar-refractivity contribution is 7.17. The molecule has 0 saturated carbocycles. The number of nitrogens with one attached hydrogen (secondary N) is 1. The molecule has 0 unspecified atom stereocenters. The van der Waals surface area contributed by atoms with E-state index in [1.54, 1.807) is 0 Å². The fourth-order valence-electron chi connectivity index (χ4n) is 2.54. The van der Waals surface area contributed by atoms with Gasteiger partial charge in [0.05, 0.1) is 24.5 Å². The quantitative estimate of drug-likeness (QED) is 0.711. The van der Waals surface area contributed by atoms with Crippen molar-refractivity contribution in [1.82, 2.24) is 15.3 Å². The van der Waals surface area contributed by atoms with E-state index in [2.05, 4.69) is 15.3 Å².